The Hall–Kier alpha value is -0.430. The largest absolute Gasteiger partial charge is 0.315 e. The minimum Gasteiger partial charge on any atom is -0.315 e. The first-order valence-electron chi connectivity index (χ1n) is 7.14. The molecule has 0 atom stereocenters. The van der Waals surface area contributed by atoms with Crippen molar-refractivity contribution >= 4 is 21.4 Å². The first-order chi connectivity index (χ1) is 9.36. The Kier molecular flexibility index (Phi) is 4.89. The number of nitrogens with one attached hydrogen (secondary N) is 2. The molecule has 4 nitrogen and oxygen atoms in total. The zero-order valence-corrected chi connectivity index (χ0v) is 14.1. The first kappa shape index (κ1) is 15.9. The van der Waals surface area contributed by atoms with Gasteiger partial charge in [0, 0.05) is 17.0 Å². The van der Waals surface area contributed by atoms with Gasteiger partial charge in [-0.25, -0.2) is 13.1 Å². The van der Waals surface area contributed by atoms with Crippen molar-refractivity contribution in [2.75, 3.05) is 7.05 Å². The van der Waals surface area contributed by atoms with Crippen LogP contribution in [0.5, 0.6) is 0 Å². The molecule has 2 rings (SSSR count). The van der Waals surface area contributed by atoms with Crippen LogP contribution in [0.3, 0.4) is 0 Å². The number of sulfonamides is 1. The third-order valence-corrected chi connectivity index (χ3v) is 7.29. The van der Waals surface area contributed by atoms with Gasteiger partial charge < -0.3 is 5.32 Å². The van der Waals surface area contributed by atoms with Crippen molar-refractivity contribution in [2.24, 2.45) is 0 Å². The van der Waals surface area contributed by atoms with E-state index >= 15 is 0 Å². The molecule has 0 saturated heterocycles. The second kappa shape index (κ2) is 6.13. The molecule has 6 heteroatoms. The summed E-state index contributed by atoms with van der Waals surface area (Å²) in [5.74, 6) is 0. The molecule has 0 spiro atoms. The predicted molar refractivity (Wildman–Crippen MR) is 83.6 cm³/mol. The molecule has 2 N–H and O–H groups in total. The lowest BCUT2D eigenvalue weighted by Crippen LogP contribution is -2.46. The van der Waals surface area contributed by atoms with Crippen LogP contribution >= 0.6 is 11.3 Å². The van der Waals surface area contributed by atoms with E-state index < -0.39 is 10.0 Å². The van der Waals surface area contributed by atoms with Gasteiger partial charge in [0.1, 0.15) is 4.21 Å². The van der Waals surface area contributed by atoms with Crippen LogP contribution in [0.15, 0.2) is 10.3 Å². The molecule has 0 bridgehead atoms. The highest BCUT2D eigenvalue weighted by atomic mass is 32.2. The minimum absolute atomic E-state index is 0.280. The Morgan fingerprint density at radius 1 is 1.30 bits per heavy atom. The van der Waals surface area contributed by atoms with E-state index in [1.165, 1.54) is 17.8 Å². The molecule has 0 aromatic carbocycles. The van der Waals surface area contributed by atoms with Crippen molar-refractivity contribution in [3.8, 4) is 0 Å². The lowest BCUT2D eigenvalue weighted by molar-refractivity contribution is 0.294. The maximum Gasteiger partial charge on any atom is 0.250 e. The van der Waals surface area contributed by atoms with E-state index in [9.17, 15) is 8.42 Å². The van der Waals surface area contributed by atoms with Crippen molar-refractivity contribution in [1.82, 2.24) is 10.0 Å². The number of rotatable bonds is 5. The quantitative estimate of drug-likeness (QED) is 0.878. The van der Waals surface area contributed by atoms with Crippen molar-refractivity contribution in [1.29, 1.82) is 0 Å². The molecule has 0 aliphatic heterocycles. The molecular formula is C14H24N2O2S2. The van der Waals surface area contributed by atoms with Crippen LogP contribution in [0.25, 0.3) is 0 Å². The van der Waals surface area contributed by atoms with Crippen LogP contribution in [0.4, 0.5) is 0 Å². The van der Waals surface area contributed by atoms with E-state index in [1.807, 2.05) is 20.9 Å². The highest BCUT2D eigenvalue weighted by Gasteiger charge is 2.32. The predicted octanol–water partition coefficient (Wildman–Crippen LogP) is 2.78. The third-order valence-electron chi connectivity index (χ3n) is 3.94. The molecule has 0 amide bonds. The van der Waals surface area contributed by atoms with Crippen molar-refractivity contribution in [3.63, 3.8) is 0 Å². The van der Waals surface area contributed by atoms with Crippen LogP contribution < -0.4 is 10.0 Å². The Bertz CT molecular complexity index is 558. The van der Waals surface area contributed by atoms with Crippen LogP contribution in [0.1, 0.15) is 49.5 Å². The lowest BCUT2D eigenvalue weighted by atomic mass is 9.84. The van der Waals surface area contributed by atoms with E-state index in [1.54, 1.807) is 6.07 Å². The zero-order valence-electron chi connectivity index (χ0n) is 12.5. The standard InChI is InChI=1S/C14H24N2O2S2/c1-11-9-13(19-12(11)10-15-3)20(17,18)16-14(2)7-5-4-6-8-14/h9,15-16H,4-8,10H2,1-3H3. The highest BCUT2D eigenvalue weighted by molar-refractivity contribution is 7.91. The summed E-state index contributed by atoms with van der Waals surface area (Å²) in [5.41, 5.74) is 0.761. The van der Waals surface area contributed by atoms with Crippen molar-refractivity contribution in [2.45, 2.75) is 62.2 Å². The van der Waals surface area contributed by atoms with E-state index in [-0.39, 0.29) is 5.54 Å². The number of thiophene rings is 1. The normalized spacial score (nSPS) is 19.1. The van der Waals surface area contributed by atoms with E-state index in [0.29, 0.717) is 10.8 Å². The molecule has 0 unspecified atom stereocenters. The Balaban J connectivity index is 2.19. The van der Waals surface area contributed by atoms with Gasteiger partial charge in [0.2, 0.25) is 0 Å². The Morgan fingerprint density at radius 2 is 1.95 bits per heavy atom. The summed E-state index contributed by atoms with van der Waals surface area (Å²) < 4.78 is 28.5. The minimum atomic E-state index is -3.40. The van der Waals surface area contributed by atoms with Gasteiger partial charge in [0.05, 0.1) is 0 Å². The molecule has 1 fully saturated rings. The summed E-state index contributed by atoms with van der Waals surface area (Å²) in [6.45, 7) is 4.70. The Labute approximate surface area is 126 Å². The second-order valence-electron chi connectivity index (χ2n) is 5.93. The Morgan fingerprint density at radius 3 is 2.55 bits per heavy atom. The maximum absolute atomic E-state index is 12.6. The fourth-order valence-corrected chi connectivity index (χ4v) is 5.83. The highest BCUT2D eigenvalue weighted by Crippen LogP contribution is 2.31. The molecule has 1 aromatic heterocycles. The van der Waals surface area contributed by atoms with Crippen LogP contribution in [-0.2, 0) is 16.6 Å². The van der Waals surface area contributed by atoms with Crippen LogP contribution in [-0.4, -0.2) is 21.0 Å². The topological polar surface area (TPSA) is 58.2 Å². The summed E-state index contributed by atoms with van der Waals surface area (Å²) in [5, 5.41) is 3.07. The number of aryl methyl sites for hydroxylation is 1. The molecule has 1 aliphatic carbocycles. The average molecular weight is 316 g/mol. The fourth-order valence-electron chi connectivity index (χ4n) is 2.77. The molecule has 1 saturated carbocycles. The van der Waals surface area contributed by atoms with Crippen molar-refractivity contribution < 1.29 is 8.42 Å². The van der Waals surface area contributed by atoms with Gasteiger partial charge in [-0.15, -0.1) is 11.3 Å². The van der Waals surface area contributed by atoms with Gasteiger partial charge >= 0.3 is 0 Å². The summed E-state index contributed by atoms with van der Waals surface area (Å²) in [7, 11) is -1.53. The summed E-state index contributed by atoms with van der Waals surface area (Å²) in [6.07, 6.45) is 5.28. The lowest BCUT2D eigenvalue weighted by Gasteiger charge is -2.33. The average Bonchev–Trinajstić information content (AvgIpc) is 2.72. The molecule has 1 aliphatic rings. The summed E-state index contributed by atoms with van der Waals surface area (Å²) >= 11 is 1.37. The second-order valence-corrected chi connectivity index (χ2v) is 8.97. The van der Waals surface area contributed by atoms with Gasteiger partial charge in [-0.1, -0.05) is 19.3 Å². The van der Waals surface area contributed by atoms with Gasteiger partial charge in [-0.3, -0.25) is 0 Å². The number of hydrogen-bond donors (Lipinski definition) is 2. The van der Waals surface area contributed by atoms with Crippen LogP contribution in [0.2, 0.25) is 0 Å². The van der Waals surface area contributed by atoms with Crippen LogP contribution in [0, 0.1) is 6.92 Å². The van der Waals surface area contributed by atoms with E-state index in [2.05, 4.69) is 10.0 Å². The molecule has 114 valence electrons. The summed E-state index contributed by atoms with van der Waals surface area (Å²) in [4.78, 5) is 1.08. The van der Waals surface area contributed by atoms with Gasteiger partial charge in [0.15, 0.2) is 0 Å². The third kappa shape index (κ3) is 3.61. The molecule has 1 aromatic rings. The number of hydrogen-bond acceptors (Lipinski definition) is 4. The SMILES string of the molecule is CNCc1sc(S(=O)(=O)NC2(C)CCCCC2)cc1C. The maximum atomic E-state index is 12.6. The molecular weight excluding hydrogens is 292 g/mol. The first-order valence-corrected chi connectivity index (χ1v) is 9.44. The zero-order chi connectivity index (χ0) is 14.8. The van der Waals surface area contributed by atoms with Gasteiger partial charge in [-0.05, 0) is 45.4 Å². The fraction of sp³-hybridized carbons (Fsp3) is 0.714. The van der Waals surface area contributed by atoms with Gasteiger partial charge in [-0.2, -0.15) is 0 Å². The molecule has 1 heterocycles. The van der Waals surface area contributed by atoms with E-state index in [4.69, 9.17) is 0 Å². The smallest absolute Gasteiger partial charge is 0.250 e. The van der Waals surface area contributed by atoms with E-state index in [0.717, 1.165) is 36.1 Å². The van der Waals surface area contributed by atoms with Crippen molar-refractivity contribution in [3.05, 3.63) is 16.5 Å². The molecule has 0 radical (unpaired) electrons. The summed E-state index contributed by atoms with van der Waals surface area (Å²) in [6, 6.07) is 1.78. The van der Waals surface area contributed by atoms with Gasteiger partial charge in [0.25, 0.3) is 10.0 Å². The monoisotopic (exact) mass is 316 g/mol. The molecule has 20 heavy (non-hydrogen) atoms.